The minimum atomic E-state index is -0.305. The number of amides is 2. The molecule has 7 nitrogen and oxygen atoms in total. The summed E-state index contributed by atoms with van der Waals surface area (Å²) in [7, 11) is 0. The van der Waals surface area contributed by atoms with Crippen LogP contribution in [0, 0.1) is 0 Å². The normalized spacial score (nSPS) is 15.9. The molecule has 182 valence electrons. The van der Waals surface area contributed by atoms with E-state index >= 15 is 0 Å². The zero-order valence-corrected chi connectivity index (χ0v) is 20.0. The van der Waals surface area contributed by atoms with Crippen LogP contribution in [0.15, 0.2) is 85.1 Å². The summed E-state index contributed by atoms with van der Waals surface area (Å²) in [6.07, 6.45) is 2.05. The number of urea groups is 1. The van der Waals surface area contributed by atoms with Gasteiger partial charge in [0.25, 0.3) is 0 Å². The Morgan fingerprint density at radius 1 is 0.972 bits per heavy atom. The minimum absolute atomic E-state index is 0.199. The van der Waals surface area contributed by atoms with Crippen LogP contribution in [0.5, 0.6) is 17.2 Å². The molecule has 2 aliphatic heterocycles. The predicted octanol–water partition coefficient (Wildman–Crippen LogP) is 5.78. The molecule has 0 radical (unpaired) electrons. The van der Waals surface area contributed by atoms with Crippen molar-refractivity contribution in [3.05, 3.63) is 102 Å². The summed E-state index contributed by atoms with van der Waals surface area (Å²) in [5, 5.41) is 3.09. The second kappa shape index (κ2) is 9.34. The standard InChI is InChI=1S/C29H27N3O4/c1-2-34-23-12-9-20(10-13-23)28-25-8-5-15-31(25)24-7-4-3-6-21(24)19-32(28)29(33)30-22-11-14-26-27(18-22)36-17-16-35-26/h3-15,18,28H,2,16-17,19H2,1H3,(H,30,33)/t28-/m0/s1. The van der Waals surface area contributed by atoms with Gasteiger partial charge in [-0.05, 0) is 60.5 Å². The Bertz CT molecular complexity index is 1400. The average Bonchev–Trinajstić information content (AvgIpc) is 3.34. The van der Waals surface area contributed by atoms with Crippen molar-refractivity contribution < 1.29 is 19.0 Å². The van der Waals surface area contributed by atoms with Crippen LogP contribution in [0.4, 0.5) is 10.5 Å². The Morgan fingerprint density at radius 2 is 1.78 bits per heavy atom. The fourth-order valence-electron chi connectivity index (χ4n) is 4.92. The van der Waals surface area contributed by atoms with Gasteiger partial charge in [0.1, 0.15) is 19.0 Å². The van der Waals surface area contributed by atoms with Crippen LogP contribution in [0.2, 0.25) is 0 Å². The maximum Gasteiger partial charge on any atom is 0.322 e. The van der Waals surface area contributed by atoms with E-state index in [0.29, 0.717) is 43.6 Å². The Hall–Kier alpha value is -4.39. The number of hydrogen-bond acceptors (Lipinski definition) is 4. The number of carbonyl (C=O) groups is 1. The summed E-state index contributed by atoms with van der Waals surface area (Å²) in [4.78, 5) is 15.8. The molecule has 0 fully saturated rings. The molecule has 0 bridgehead atoms. The van der Waals surface area contributed by atoms with Crippen molar-refractivity contribution in [2.24, 2.45) is 0 Å². The third kappa shape index (κ3) is 4.02. The van der Waals surface area contributed by atoms with E-state index in [9.17, 15) is 4.79 Å². The Labute approximate surface area is 209 Å². The van der Waals surface area contributed by atoms with Gasteiger partial charge in [0.15, 0.2) is 11.5 Å². The van der Waals surface area contributed by atoms with E-state index in [1.165, 1.54) is 0 Å². The van der Waals surface area contributed by atoms with E-state index in [1.807, 2.05) is 72.5 Å². The number of anilines is 1. The molecule has 1 aromatic heterocycles. The summed E-state index contributed by atoms with van der Waals surface area (Å²) in [5.74, 6) is 2.13. The molecule has 3 aromatic carbocycles. The molecule has 7 heteroatoms. The highest BCUT2D eigenvalue weighted by Gasteiger charge is 2.33. The summed E-state index contributed by atoms with van der Waals surface area (Å²) in [6.45, 7) is 4.03. The molecule has 2 aliphatic rings. The first-order valence-corrected chi connectivity index (χ1v) is 12.2. The SMILES string of the molecule is CCOc1ccc([C@H]2c3cccn3-c3ccccc3CN2C(=O)Nc2ccc3c(c2)OCCO3)cc1. The lowest BCUT2D eigenvalue weighted by Crippen LogP contribution is -2.38. The van der Waals surface area contributed by atoms with Gasteiger partial charge in [-0.1, -0.05) is 30.3 Å². The van der Waals surface area contributed by atoms with Gasteiger partial charge in [-0.2, -0.15) is 0 Å². The Balaban J connectivity index is 1.40. The van der Waals surface area contributed by atoms with Crippen LogP contribution in [0.1, 0.15) is 29.8 Å². The van der Waals surface area contributed by atoms with Gasteiger partial charge in [0.2, 0.25) is 0 Å². The van der Waals surface area contributed by atoms with E-state index in [2.05, 4.69) is 34.3 Å². The molecule has 0 saturated carbocycles. The number of hydrogen-bond donors (Lipinski definition) is 1. The van der Waals surface area contributed by atoms with Crippen LogP contribution >= 0.6 is 0 Å². The van der Waals surface area contributed by atoms with E-state index in [0.717, 1.165) is 28.3 Å². The highest BCUT2D eigenvalue weighted by molar-refractivity contribution is 5.90. The van der Waals surface area contributed by atoms with Crippen molar-refractivity contribution >= 4 is 11.7 Å². The van der Waals surface area contributed by atoms with E-state index < -0.39 is 0 Å². The average molecular weight is 482 g/mol. The summed E-state index contributed by atoms with van der Waals surface area (Å²) >= 11 is 0. The van der Waals surface area contributed by atoms with E-state index in [-0.39, 0.29) is 12.1 Å². The lowest BCUT2D eigenvalue weighted by atomic mass is 10.0. The number of benzene rings is 3. The second-order valence-electron chi connectivity index (χ2n) is 8.75. The molecule has 1 atom stereocenters. The van der Waals surface area contributed by atoms with Crippen molar-refractivity contribution in [3.63, 3.8) is 0 Å². The van der Waals surface area contributed by atoms with Crippen LogP contribution in [0.25, 0.3) is 5.69 Å². The first-order chi connectivity index (χ1) is 17.7. The molecule has 0 unspecified atom stereocenters. The molecule has 1 N–H and O–H groups in total. The van der Waals surface area contributed by atoms with Crippen molar-refractivity contribution in [1.82, 2.24) is 9.47 Å². The zero-order chi connectivity index (χ0) is 24.5. The van der Waals surface area contributed by atoms with Crippen molar-refractivity contribution in [2.45, 2.75) is 19.5 Å². The number of nitrogens with zero attached hydrogens (tertiary/aromatic N) is 2. The maximum absolute atomic E-state index is 13.9. The fraction of sp³-hybridized carbons (Fsp3) is 0.207. The maximum atomic E-state index is 13.9. The van der Waals surface area contributed by atoms with Gasteiger partial charge in [-0.25, -0.2) is 4.79 Å². The number of aromatic nitrogens is 1. The number of ether oxygens (including phenoxy) is 3. The molecule has 0 spiro atoms. The van der Waals surface area contributed by atoms with Crippen LogP contribution in [-0.2, 0) is 6.54 Å². The number of nitrogens with one attached hydrogen (secondary N) is 1. The number of rotatable bonds is 4. The number of fused-ring (bicyclic) bond motifs is 4. The van der Waals surface area contributed by atoms with E-state index in [4.69, 9.17) is 14.2 Å². The third-order valence-electron chi connectivity index (χ3n) is 6.53. The van der Waals surface area contributed by atoms with Gasteiger partial charge >= 0.3 is 6.03 Å². The molecule has 4 aromatic rings. The van der Waals surface area contributed by atoms with Gasteiger partial charge in [0.05, 0.1) is 24.9 Å². The number of para-hydroxylation sites is 1. The molecule has 2 amide bonds. The molecular formula is C29H27N3O4. The van der Waals surface area contributed by atoms with Gasteiger partial charge < -0.3 is 29.0 Å². The quantitative estimate of drug-likeness (QED) is 0.401. The molecule has 0 aliphatic carbocycles. The van der Waals surface area contributed by atoms with Gasteiger partial charge in [0, 0.05) is 23.6 Å². The van der Waals surface area contributed by atoms with Gasteiger partial charge in [-0.3, -0.25) is 0 Å². The monoisotopic (exact) mass is 481 g/mol. The summed E-state index contributed by atoms with van der Waals surface area (Å²) in [5.41, 5.74) is 4.82. The van der Waals surface area contributed by atoms with Crippen molar-refractivity contribution in [1.29, 1.82) is 0 Å². The lowest BCUT2D eigenvalue weighted by molar-refractivity contribution is 0.171. The fourth-order valence-corrected chi connectivity index (χ4v) is 4.92. The highest BCUT2D eigenvalue weighted by atomic mass is 16.6. The van der Waals surface area contributed by atoms with Crippen molar-refractivity contribution in [2.75, 3.05) is 25.1 Å². The molecular weight excluding hydrogens is 454 g/mol. The van der Waals surface area contributed by atoms with Crippen LogP contribution in [-0.4, -0.2) is 35.3 Å². The predicted molar refractivity (Wildman–Crippen MR) is 137 cm³/mol. The first-order valence-electron chi connectivity index (χ1n) is 12.2. The highest BCUT2D eigenvalue weighted by Crippen LogP contribution is 2.38. The second-order valence-corrected chi connectivity index (χ2v) is 8.75. The topological polar surface area (TPSA) is 65.0 Å². The summed E-state index contributed by atoms with van der Waals surface area (Å²) < 4.78 is 19.2. The summed E-state index contributed by atoms with van der Waals surface area (Å²) in [6, 6.07) is 25.3. The Kier molecular flexibility index (Phi) is 5.73. The van der Waals surface area contributed by atoms with E-state index in [1.54, 1.807) is 0 Å². The lowest BCUT2D eigenvalue weighted by Gasteiger charge is -2.31. The third-order valence-corrected chi connectivity index (χ3v) is 6.53. The molecule has 3 heterocycles. The first kappa shape index (κ1) is 22.1. The molecule has 0 saturated heterocycles. The number of carbonyl (C=O) groups excluding carboxylic acids is 1. The largest absolute Gasteiger partial charge is 0.494 e. The van der Waals surface area contributed by atoms with Crippen LogP contribution in [0.3, 0.4) is 0 Å². The zero-order valence-electron chi connectivity index (χ0n) is 20.0. The van der Waals surface area contributed by atoms with Crippen molar-refractivity contribution in [3.8, 4) is 22.9 Å². The molecule has 6 rings (SSSR count). The van der Waals surface area contributed by atoms with Gasteiger partial charge in [-0.15, -0.1) is 0 Å². The molecule has 36 heavy (non-hydrogen) atoms. The smallest absolute Gasteiger partial charge is 0.322 e. The Morgan fingerprint density at radius 3 is 2.61 bits per heavy atom. The minimum Gasteiger partial charge on any atom is -0.494 e. The van der Waals surface area contributed by atoms with Crippen LogP contribution < -0.4 is 19.5 Å².